The summed E-state index contributed by atoms with van der Waals surface area (Å²) in [4.78, 5) is 11.9. The normalized spacial score (nSPS) is 16.6. The Morgan fingerprint density at radius 2 is 1.86 bits per heavy atom. The van der Waals surface area contributed by atoms with E-state index in [0.29, 0.717) is 11.3 Å². The number of rotatable bonds is 2. The molecule has 1 heterocycles. The lowest BCUT2D eigenvalue weighted by atomic mass is 10.1. The predicted molar refractivity (Wildman–Crippen MR) is 81.9 cm³/mol. The van der Waals surface area contributed by atoms with E-state index in [1.54, 1.807) is 24.3 Å². The SMILES string of the molecule is Cc1cccc(CN2c3ccccc3C(=O)CS2(=O)=O)c1. The third kappa shape index (κ3) is 2.56. The van der Waals surface area contributed by atoms with Crippen molar-refractivity contribution in [3.8, 4) is 0 Å². The molecular weight excluding hydrogens is 286 g/mol. The summed E-state index contributed by atoms with van der Waals surface area (Å²) in [5.41, 5.74) is 2.92. The molecule has 0 saturated carbocycles. The molecule has 108 valence electrons. The van der Waals surface area contributed by atoms with E-state index in [1.807, 2.05) is 31.2 Å². The van der Waals surface area contributed by atoms with Crippen LogP contribution in [0.4, 0.5) is 5.69 Å². The lowest BCUT2D eigenvalue weighted by Gasteiger charge is -2.30. The minimum absolute atomic E-state index is 0.244. The van der Waals surface area contributed by atoms with E-state index in [0.717, 1.165) is 11.1 Å². The summed E-state index contributed by atoms with van der Waals surface area (Å²) in [5, 5.41) is 0. The highest BCUT2D eigenvalue weighted by molar-refractivity contribution is 7.93. The van der Waals surface area contributed by atoms with Gasteiger partial charge in [0.15, 0.2) is 5.78 Å². The number of Topliss-reactive ketones (excluding diaryl/α,β-unsaturated/α-hetero) is 1. The van der Waals surface area contributed by atoms with Gasteiger partial charge in [0.25, 0.3) is 0 Å². The van der Waals surface area contributed by atoms with Crippen LogP contribution in [0.1, 0.15) is 21.5 Å². The first-order valence-electron chi connectivity index (χ1n) is 6.65. The van der Waals surface area contributed by atoms with Crippen molar-refractivity contribution in [1.29, 1.82) is 0 Å². The Morgan fingerprint density at radius 1 is 1.10 bits per heavy atom. The molecule has 3 rings (SSSR count). The van der Waals surface area contributed by atoms with Gasteiger partial charge in [-0.1, -0.05) is 42.0 Å². The molecule has 0 amide bonds. The van der Waals surface area contributed by atoms with Crippen molar-refractivity contribution in [3.05, 3.63) is 65.2 Å². The second kappa shape index (κ2) is 5.00. The number of para-hydroxylation sites is 1. The van der Waals surface area contributed by atoms with Crippen LogP contribution in [0.15, 0.2) is 48.5 Å². The fourth-order valence-electron chi connectivity index (χ4n) is 2.56. The number of nitrogens with zero attached hydrogens (tertiary/aromatic N) is 1. The molecule has 0 spiro atoms. The smallest absolute Gasteiger partial charge is 0.243 e. The number of aryl methyl sites for hydroxylation is 1. The fraction of sp³-hybridized carbons (Fsp3) is 0.188. The van der Waals surface area contributed by atoms with Crippen molar-refractivity contribution in [2.24, 2.45) is 0 Å². The molecule has 0 aromatic heterocycles. The second-order valence-corrected chi connectivity index (χ2v) is 7.09. The molecule has 5 heteroatoms. The maximum atomic E-state index is 12.3. The largest absolute Gasteiger partial charge is 0.293 e. The van der Waals surface area contributed by atoms with Gasteiger partial charge in [-0.05, 0) is 24.6 Å². The topological polar surface area (TPSA) is 54.5 Å². The number of fused-ring (bicyclic) bond motifs is 1. The molecule has 0 bridgehead atoms. The lowest BCUT2D eigenvalue weighted by Crippen LogP contribution is -2.40. The van der Waals surface area contributed by atoms with Crippen molar-refractivity contribution in [2.45, 2.75) is 13.5 Å². The molecular formula is C16H15NO3S. The van der Waals surface area contributed by atoms with Crippen LogP contribution in [0.25, 0.3) is 0 Å². The molecule has 0 aliphatic carbocycles. The molecule has 1 aliphatic rings. The first kappa shape index (κ1) is 13.8. The summed E-state index contributed by atoms with van der Waals surface area (Å²) in [7, 11) is -3.61. The third-order valence-electron chi connectivity index (χ3n) is 3.53. The zero-order chi connectivity index (χ0) is 15.0. The number of carbonyl (C=O) groups excluding carboxylic acids is 1. The van der Waals surface area contributed by atoms with Crippen molar-refractivity contribution in [3.63, 3.8) is 0 Å². The van der Waals surface area contributed by atoms with Crippen LogP contribution >= 0.6 is 0 Å². The monoisotopic (exact) mass is 301 g/mol. The van der Waals surface area contributed by atoms with Crippen LogP contribution in [0.2, 0.25) is 0 Å². The van der Waals surface area contributed by atoms with Gasteiger partial charge in [0.05, 0.1) is 12.2 Å². The molecule has 4 nitrogen and oxygen atoms in total. The number of ketones is 1. The summed E-state index contributed by atoms with van der Waals surface area (Å²) >= 11 is 0. The molecule has 0 fully saturated rings. The maximum Gasteiger partial charge on any atom is 0.243 e. The molecule has 0 atom stereocenters. The first-order chi connectivity index (χ1) is 9.97. The Labute approximate surface area is 124 Å². The summed E-state index contributed by atoms with van der Waals surface area (Å²) in [6, 6.07) is 14.6. The van der Waals surface area contributed by atoms with Gasteiger partial charge in [-0.15, -0.1) is 0 Å². The molecule has 0 radical (unpaired) electrons. The molecule has 2 aromatic carbocycles. The molecule has 0 saturated heterocycles. The van der Waals surface area contributed by atoms with Crippen LogP contribution in [0.5, 0.6) is 0 Å². The highest BCUT2D eigenvalue weighted by Gasteiger charge is 2.34. The van der Waals surface area contributed by atoms with Crippen molar-refractivity contribution in [1.82, 2.24) is 0 Å². The average molecular weight is 301 g/mol. The van der Waals surface area contributed by atoms with Crippen molar-refractivity contribution < 1.29 is 13.2 Å². The third-order valence-corrected chi connectivity index (χ3v) is 5.16. The highest BCUT2D eigenvalue weighted by atomic mass is 32.2. The molecule has 21 heavy (non-hydrogen) atoms. The van der Waals surface area contributed by atoms with E-state index >= 15 is 0 Å². The maximum absolute atomic E-state index is 12.3. The van der Waals surface area contributed by atoms with E-state index in [4.69, 9.17) is 0 Å². The zero-order valence-electron chi connectivity index (χ0n) is 11.6. The molecule has 0 unspecified atom stereocenters. The second-order valence-electron chi connectivity index (χ2n) is 5.19. The van der Waals surface area contributed by atoms with Gasteiger partial charge in [0, 0.05) is 5.56 Å². The predicted octanol–water partition coefficient (Wildman–Crippen LogP) is 2.53. The van der Waals surface area contributed by atoms with Gasteiger partial charge in [0.1, 0.15) is 5.75 Å². The van der Waals surface area contributed by atoms with Crippen LogP contribution < -0.4 is 4.31 Å². The number of hydrogen-bond acceptors (Lipinski definition) is 3. The standard InChI is InChI=1S/C16H15NO3S/c1-12-5-4-6-13(9-12)10-17-15-8-3-2-7-14(15)16(18)11-21(17,19)20/h2-9H,10-11H2,1H3. The zero-order valence-corrected chi connectivity index (χ0v) is 12.4. The minimum atomic E-state index is -3.61. The Morgan fingerprint density at radius 3 is 2.62 bits per heavy atom. The quantitative estimate of drug-likeness (QED) is 0.856. The van der Waals surface area contributed by atoms with Crippen molar-refractivity contribution >= 4 is 21.5 Å². The van der Waals surface area contributed by atoms with Crippen LogP contribution in [0, 0.1) is 6.92 Å². The molecule has 0 N–H and O–H groups in total. The fourth-order valence-corrected chi connectivity index (χ4v) is 4.01. The summed E-state index contributed by atoms with van der Waals surface area (Å²) < 4.78 is 26.0. The Kier molecular flexibility index (Phi) is 3.29. The summed E-state index contributed by atoms with van der Waals surface area (Å²) in [6.45, 7) is 2.21. The number of carbonyl (C=O) groups is 1. The van der Waals surface area contributed by atoms with E-state index in [2.05, 4.69) is 0 Å². The minimum Gasteiger partial charge on any atom is -0.293 e. The average Bonchev–Trinajstić information content (AvgIpc) is 2.43. The van der Waals surface area contributed by atoms with Gasteiger partial charge in [-0.2, -0.15) is 0 Å². The molecule has 2 aromatic rings. The van der Waals surface area contributed by atoms with Gasteiger partial charge >= 0.3 is 0 Å². The Hall–Kier alpha value is -2.14. The van der Waals surface area contributed by atoms with Gasteiger partial charge < -0.3 is 0 Å². The lowest BCUT2D eigenvalue weighted by molar-refractivity contribution is 0.102. The number of sulfonamides is 1. The van der Waals surface area contributed by atoms with E-state index < -0.39 is 15.8 Å². The Balaban J connectivity index is 2.07. The number of anilines is 1. The van der Waals surface area contributed by atoms with Crippen molar-refractivity contribution in [2.75, 3.05) is 10.1 Å². The summed E-state index contributed by atoms with van der Waals surface area (Å²) in [6.07, 6.45) is 0. The van der Waals surface area contributed by atoms with E-state index in [1.165, 1.54) is 4.31 Å². The number of benzene rings is 2. The summed E-state index contributed by atoms with van der Waals surface area (Å²) in [5.74, 6) is -0.804. The Bertz CT molecular complexity index is 812. The van der Waals surface area contributed by atoms with E-state index in [9.17, 15) is 13.2 Å². The highest BCUT2D eigenvalue weighted by Crippen LogP contribution is 2.30. The van der Waals surface area contributed by atoms with Crippen LogP contribution in [0.3, 0.4) is 0 Å². The van der Waals surface area contributed by atoms with Crippen LogP contribution in [-0.4, -0.2) is 20.0 Å². The van der Waals surface area contributed by atoms with Crippen LogP contribution in [-0.2, 0) is 16.6 Å². The first-order valence-corrected chi connectivity index (χ1v) is 8.26. The van der Waals surface area contributed by atoms with Gasteiger partial charge in [-0.3, -0.25) is 9.10 Å². The van der Waals surface area contributed by atoms with E-state index in [-0.39, 0.29) is 12.3 Å². The number of hydrogen-bond donors (Lipinski definition) is 0. The van der Waals surface area contributed by atoms with Gasteiger partial charge in [-0.25, -0.2) is 8.42 Å². The van der Waals surface area contributed by atoms with Gasteiger partial charge in [0.2, 0.25) is 10.0 Å². The molecule has 1 aliphatic heterocycles.